The predicted octanol–water partition coefficient (Wildman–Crippen LogP) is 3.41. The van der Waals surface area contributed by atoms with Gasteiger partial charge in [-0.15, -0.1) is 11.3 Å². The number of rotatable bonds is 5. The van der Waals surface area contributed by atoms with Crippen molar-refractivity contribution in [1.29, 1.82) is 0 Å². The Hall–Kier alpha value is -3.16. The molecule has 28 heavy (non-hydrogen) atoms. The highest BCUT2D eigenvalue weighted by Gasteiger charge is 2.10. The highest BCUT2D eigenvalue weighted by molar-refractivity contribution is 7.12. The average Bonchev–Trinajstić information content (AvgIpc) is 3.26. The number of hydrogen-bond donors (Lipinski definition) is 3. The fourth-order valence-corrected chi connectivity index (χ4v) is 3.08. The molecule has 0 aliphatic rings. The summed E-state index contributed by atoms with van der Waals surface area (Å²) >= 11 is 7.15. The summed E-state index contributed by atoms with van der Waals surface area (Å²) in [5.41, 5.74) is 6.32. The first kappa shape index (κ1) is 19.6. The van der Waals surface area contributed by atoms with Gasteiger partial charge in [-0.3, -0.25) is 25.2 Å². The van der Waals surface area contributed by atoms with Gasteiger partial charge in [0.1, 0.15) is 0 Å². The molecule has 0 unspecified atom stereocenters. The summed E-state index contributed by atoms with van der Waals surface area (Å²) in [5, 5.41) is 5.18. The van der Waals surface area contributed by atoms with Crippen molar-refractivity contribution in [3.63, 3.8) is 0 Å². The molecule has 0 saturated heterocycles. The lowest BCUT2D eigenvalue weighted by molar-refractivity contribution is 0.0846. The molecule has 0 atom stereocenters. The zero-order chi connectivity index (χ0) is 19.9. The molecule has 0 radical (unpaired) electrons. The number of benzene rings is 2. The van der Waals surface area contributed by atoms with Crippen LogP contribution in [0.2, 0.25) is 5.02 Å². The van der Waals surface area contributed by atoms with Gasteiger partial charge in [-0.05, 0) is 53.4 Å². The summed E-state index contributed by atoms with van der Waals surface area (Å²) in [6.07, 6.45) is 0. The van der Waals surface area contributed by atoms with Crippen LogP contribution in [0.5, 0.6) is 0 Å². The van der Waals surface area contributed by atoms with Crippen LogP contribution < -0.4 is 16.2 Å². The number of halogens is 1. The fourth-order valence-electron chi connectivity index (χ4n) is 2.31. The third kappa shape index (κ3) is 5.18. The third-order valence-electron chi connectivity index (χ3n) is 3.81. The maximum atomic E-state index is 12.2. The number of hydrazine groups is 1. The van der Waals surface area contributed by atoms with E-state index >= 15 is 0 Å². The molecule has 3 amide bonds. The number of carbonyl (C=O) groups excluding carboxylic acids is 3. The summed E-state index contributed by atoms with van der Waals surface area (Å²) in [6.45, 7) is 0.353. The predicted molar refractivity (Wildman–Crippen MR) is 108 cm³/mol. The first-order valence-corrected chi connectivity index (χ1v) is 9.55. The monoisotopic (exact) mass is 413 g/mol. The van der Waals surface area contributed by atoms with Crippen molar-refractivity contribution in [2.45, 2.75) is 6.54 Å². The zero-order valence-corrected chi connectivity index (χ0v) is 16.1. The number of thiophene rings is 1. The first-order chi connectivity index (χ1) is 13.5. The summed E-state index contributed by atoms with van der Waals surface area (Å²) in [6, 6.07) is 16.6. The molecule has 6 nitrogen and oxygen atoms in total. The maximum absolute atomic E-state index is 12.2. The van der Waals surface area contributed by atoms with Gasteiger partial charge >= 0.3 is 0 Å². The minimum Gasteiger partial charge on any atom is -0.347 e. The smallest absolute Gasteiger partial charge is 0.269 e. The molecule has 0 aliphatic heterocycles. The lowest BCUT2D eigenvalue weighted by Gasteiger charge is -2.08. The van der Waals surface area contributed by atoms with E-state index < -0.39 is 11.8 Å². The maximum Gasteiger partial charge on any atom is 0.269 e. The minimum atomic E-state index is -0.448. The zero-order valence-electron chi connectivity index (χ0n) is 14.6. The van der Waals surface area contributed by atoms with E-state index in [1.165, 1.54) is 11.3 Å². The lowest BCUT2D eigenvalue weighted by atomic mass is 10.1. The van der Waals surface area contributed by atoms with E-state index in [2.05, 4.69) is 16.2 Å². The van der Waals surface area contributed by atoms with Crippen LogP contribution in [0.15, 0.2) is 66.0 Å². The van der Waals surface area contributed by atoms with Gasteiger partial charge in [0, 0.05) is 22.7 Å². The SMILES string of the molecule is O=C(NNC(=O)c1ccc(CNC(=O)c2cccs2)cc1)c1ccc(Cl)cc1. The molecule has 1 aromatic heterocycles. The van der Waals surface area contributed by atoms with Crippen molar-refractivity contribution < 1.29 is 14.4 Å². The van der Waals surface area contributed by atoms with Gasteiger partial charge in [0.25, 0.3) is 17.7 Å². The van der Waals surface area contributed by atoms with Crippen molar-refractivity contribution in [1.82, 2.24) is 16.2 Å². The van der Waals surface area contributed by atoms with Gasteiger partial charge in [0.2, 0.25) is 0 Å². The highest BCUT2D eigenvalue weighted by atomic mass is 35.5. The van der Waals surface area contributed by atoms with Crippen molar-refractivity contribution in [2.24, 2.45) is 0 Å². The second kappa shape index (κ2) is 9.16. The Kier molecular flexibility index (Phi) is 6.41. The van der Waals surface area contributed by atoms with Crippen LogP contribution in [0.4, 0.5) is 0 Å². The van der Waals surface area contributed by atoms with Crippen LogP contribution in [0.1, 0.15) is 36.0 Å². The third-order valence-corrected chi connectivity index (χ3v) is 4.93. The van der Waals surface area contributed by atoms with E-state index in [1.807, 2.05) is 11.4 Å². The molecule has 0 aliphatic carbocycles. The van der Waals surface area contributed by atoms with Crippen LogP contribution in [0, 0.1) is 0 Å². The largest absolute Gasteiger partial charge is 0.347 e. The van der Waals surface area contributed by atoms with Crippen LogP contribution in [0.3, 0.4) is 0 Å². The van der Waals surface area contributed by atoms with Gasteiger partial charge in [-0.1, -0.05) is 29.8 Å². The van der Waals surface area contributed by atoms with Crippen molar-refractivity contribution in [2.75, 3.05) is 0 Å². The Bertz CT molecular complexity index is 971. The molecule has 0 bridgehead atoms. The van der Waals surface area contributed by atoms with Gasteiger partial charge in [0.15, 0.2) is 0 Å². The Morgan fingerprint density at radius 2 is 1.36 bits per heavy atom. The Balaban J connectivity index is 1.49. The Morgan fingerprint density at radius 3 is 1.89 bits per heavy atom. The lowest BCUT2D eigenvalue weighted by Crippen LogP contribution is -2.41. The van der Waals surface area contributed by atoms with E-state index in [1.54, 1.807) is 54.6 Å². The average molecular weight is 414 g/mol. The molecule has 1 heterocycles. The van der Waals surface area contributed by atoms with Crippen LogP contribution in [-0.2, 0) is 6.54 Å². The number of hydrogen-bond acceptors (Lipinski definition) is 4. The second-order valence-corrected chi connectivity index (χ2v) is 7.16. The fraction of sp³-hybridized carbons (Fsp3) is 0.0500. The van der Waals surface area contributed by atoms with Crippen molar-refractivity contribution in [3.05, 3.63) is 92.6 Å². The molecular weight excluding hydrogens is 398 g/mol. The number of amides is 3. The molecule has 2 aromatic carbocycles. The van der Waals surface area contributed by atoms with Gasteiger partial charge in [-0.25, -0.2) is 0 Å². The van der Waals surface area contributed by atoms with E-state index in [0.29, 0.717) is 27.6 Å². The minimum absolute atomic E-state index is 0.137. The van der Waals surface area contributed by atoms with E-state index in [0.717, 1.165) is 5.56 Å². The molecule has 0 fully saturated rings. The second-order valence-electron chi connectivity index (χ2n) is 5.77. The number of carbonyl (C=O) groups is 3. The first-order valence-electron chi connectivity index (χ1n) is 8.30. The molecule has 3 rings (SSSR count). The molecule has 0 spiro atoms. The number of nitrogens with one attached hydrogen (secondary N) is 3. The van der Waals surface area contributed by atoms with E-state index in [4.69, 9.17) is 11.6 Å². The normalized spacial score (nSPS) is 10.2. The quantitative estimate of drug-likeness (QED) is 0.560. The summed E-state index contributed by atoms with van der Waals surface area (Å²) < 4.78 is 0. The highest BCUT2D eigenvalue weighted by Crippen LogP contribution is 2.10. The van der Waals surface area contributed by atoms with Gasteiger partial charge < -0.3 is 5.32 Å². The van der Waals surface area contributed by atoms with E-state index in [9.17, 15) is 14.4 Å². The Morgan fingerprint density at radius 1 is 0.786 bits per heavy atom. The summed E-state index contributed by atoms with van der Waals surface area (Å²) in [5.74, 6) is -1.03. The summed E-state index contributed by atoms with van der Waals surface area (Å²) in [7, 11) is 0. The van der Waals surface area contributed by atoms with Crippen LogP contribution in [-0.4, -0.2) is 17.7 Å². The summed E-state index contributed by atoms with van der Waals surface area (Å²) in [4.78, 5) is 36.7. The Labute approximate surface area is 170 Å². The van der Waals surface area contributed by atoms with Crippen LogP contribution >= 0.6 is 22.9 Å². The molecule has 8 heteroatoms. The molecule has 0 saturated carbocycles. The molecular formula is C20H16ClN3O3S. The molecule has 3 N–H and O–H groups in total. The van der Waals surface area contributed by atoms with E-state index in [-0.39, 0.29) is 5.91 Å². The van der Waals surface area contributed by atoms with Crippen molar-refractivity contribution >= 4 is 40.7 Å². The molecule has 3 aromatic rings. The van der Waals surface area contributed by atoms with Gasteiger partial charge in [-0.2, -0.15) is 0 Å². The standard InChI is InChI=1S/C20H16ClN3O3S/c21-16-9-7-15(8-10-16)19(26)24-23-18(25)14-5-3-13(4-6-14)12-22-20(27)17-2-1-11-28-17/h1-11H,12H2,(H,22,27)(H,23,25)(H,24,26). The van der Waals surface area contributed by atoms with Crippen LogP contribution in [0.25, 0.3) is 0 Å². The van der Waals surface area contributed by atoms with Crippen molar-refractivity contribution in [3.8, 4) is 0 Å². The topological polar surface area (TPSA) is 87.3 Å². The molecule has 142 valence electrons. The van der Waals surface area contributed by atoms with Gasteiger partial charge in [0.05, 0.1) is 4.88 Å².